The molecule has 0 N–H and O–H groups in total. The summed E-state index contributed by atoms with van der Waals surface area (Å²) in [4.78, 5) is 11.4. The first-order valence-electron chi connectivity index (χ1n) is 6.67. The molecule has 6 heteroatoms. The number of carbonyl (C=O) groups excluding carboxylic acids is 1. The highest BCUT2D eigenvalue weighted by molar-refractivity contribution is 6.62. The Morgan fingerprint density at radius 2 is 1.53 bits per heavy atom. The van der Waals surface area contributed by atoms with Gasteiger partial charge in [0.2, 0.25) is 0 Å². The van der Waals surface area contributed by atoms with Crippen LogP contribution in [0, 0.1) is 0 Å². The van der Waals surface area contributed by atoms with Gasteiger partial charge in [0.15, 0.2) is 0 Å². The Bertz CT molecular complexity index is 276. The third kappa shape index (κ3) is 5.86. The topological polar surface area (TPSA) is 54.0 Å². The van der Waals surface area contributed by atoms with E-state index in [9.17, 15) is 4.79 Å². The van der Waals surface area contributed by atoms with E-state index in [0.717, 1.165) is 0 Å². The maximum atomic E-state index is 11.4. The molecule has 0 aliphatic rings. The van der Waals surface area contributed by atoms with Crippen LogP contribution in [0.5, 0.6) is 0 Å². The smallest absolute Gasteiger partial charge is 0.462 e. The van der Waals surface area contributed by atoms with Crippen LogP contribution in [0.2, 0.25) is 5.54 Å². The molecule has 0 fully saturated rings. The number of hydrogen-bond acceptors (Lipinski definition) is 5. The first-order valence-corrected chi connectivity index (χ1v) is 8.48. The second kappa shape index (κ2) is 9.25. The highest BCUT2D eigenvalue weighted by Gasteiger charge is 2.47. The third-order valence-electron chi connectivity index (χ3n) is 2.45. The summed E-state index contributed by atoms with van der Waals surface area (Å²) < 4.78 is 22.4. The van der Waals surface area contributed by atoms with Crippen LogP contribution in [0.1, 0.15) is 34.6 Å². The van der Waals surface area contributed by atoms with Crippen molar-refractivity contribution in [3.05, 3.63) is 12.2 Å². The Balaban J connectivity index is 4.72. The number of rotatable bonds is 10. The fraction of sp³-hybridized carbons (Fsp3) is 0.769. The van der Waals surface area contributed by atoms with Gasteiger partial charge in [-0.15, -0.1) is 0 Å². The van der Waals surface area contributed by atoms with E-state index in [4.69, 9.17) is 18.0 Å². The van der Waals surface area contributed by atoms with Crippen LogP contribution in [0.4, 0.5) is 0 Å². The molecule has 0 heterocycles. The van der Waals surface area contributed by atoms with Gasteiger partial charge >= 0.3 is 14.8 Å². The molecule has 1 atom stereocenters. The minimum atomic E-state index is -2.81. The molecular formula is C13H26O5Si. The lowest BCUT2D eigenvalue weighted by atomic mass is 10.4. The Morgan fingerprint density at radius 1 is 1.11 bits per heavy atom. The van der Waals surface area contributed by atoms with E-state index in [0.29, 0.717) is 25.4 Å². The molecule has 0 bridgehead atoms. The standard InChI is InChI=1S/C13H26O5Si/c1-7-16-19(17-8-2,18-9-3)12(6)10-15-13(14)11(4)5/h12H,4,7-10H2,1-3,5-6H3. The zero-order valence-electron chi connectivity index (χ0n) is 12.7. The largest absolute Gasteiger partial charge is 0.507 e. The Kier molecular flexibility index (Phi) is 8.91. The van der Waals surface area contributed by atoms with E-state index >= 15 is 0 Å². The van der Waals surface area contributed by atoms with Gasteiger partial charge in [0.25, 0.3) is 0 Å². The number of carbonyl (C=O) groups is 1. The minimum Gasteiger partial charge on any atom is -0.462 e. The fourth-order valence-corrected chi connectivity index (χ4v) is 4.18. The van der Waals surface area contributed by atoms with Crippen LogP contribution < -0.4 is 0 Å². The van der Waals surface area contributed by atoms with Crippen molar-refractivity contribution in [2.75, 3.05) is 26.4 Å². The van der Waals surface area contributed by atoms with Gasteiger partial charge < -0.3 is 18.0 Å². The van der Waals surface area contributed by atoms with Gasteiger partial charge in [0, 0.05) is 25.4 Å². The Hall–Kier alpha value is -0.693. The Morgan fingerprint density at radius 3 is 1.84 bits per heavy atom. The second-order valence-corrected chi connectivity index (χ2v) is 7.24. The summed E-state index contributed by atoms with van der Waals surface area (Å²) in [5, 5.41) is 0. The number of esters is 1. The molecule has 0 rings (SSSR count). The van der Waals surface area contributed by atoms with Crippen molar-refractivity contribution >= 4 is 14.8 Å². The summed E-state index contributed by atoms with van der Waals surface area (Å²) in [5.41, 5.74) is 0.263. The van der Waals surface area contributed by atoms with Crippen LogP contribution in [-0.4, -0.2) is 41.2 Å². The zero-order chi connectivity index (χ0) is 14.9. The molecule has 0 saturated carbocycles. The molecule has 0 aliphatic carbocycles. The van der Waals surface area contributed by atoms with Crippen molar-refractivity contribution in [1.82, 2.24) is 0 Å². The molecule has 0 amide bonds. The Labute approximate surface area is 117 Å². The number of ether oxygens (including phenoxy) is 1. The minimum absolute atomic E-state index is 0.115. The van der Waals surface area contributed by atoms with Gasteiger partial charge in [-0.05, 0) is 27.7 Å². The predicted octanol–water partition coefficient (Wildman–Crippen LogP) is 2.54. The molecule has 0 aromatic rings. The van der Waals surface area contributed by atoms with Crippen LogP contribution in [0.15, 0.2) is 12.2 Å². The van der Waals surface area contributed by atoms with Gasteiger partial charge in [-0.1, -0.05) is 13.5 Å². The lowest BCUT2D eigenvalue weighted by molar-refractivity contribution is -0.139. The van der Waals surface area contributed by atoms with E-state index in [2.05, 4.69) is 6.58 Å². The zero-order valence-corrected chi connectivity index (χ0v) is 13.7. The van der Waals surface area contributed by atoms with E-state index in [1.165, 1.54) is 0 Å². The molecule has 0 spiro atoms. The molecular weight excluding hydrogens is 264 g/mol. The highest BCUT2D eigenvalue weighted by Crippen LogP contribution is 2.26. The molecule has 0 aliphatic heterocycles. The molecule has 0 aromatic carbocycles. The average Bonchev–Trinajstić information content (AvgIpc) is 2.36. The highest BCUT2D eigenvalue weighted by atomic mass is 28.4. The van der Waals surface area contributed by atoms with Crippen molar-refractivity contribution < 1.29 is 22.8 Å². The van der Waals surface area contributed by atoms with Crippen molar-refractivity contribution in [2.45, 2.75) is 40.2 Å². The monoisotopic (exact) mass is 290 g/mol. The van der Waals surface area contributed by atoms with E-state index in [1.807, 2.05) is 27.7 Å². The second-order valence-electron chi connectivity index (χ2n) is 4.18. The van der Waals surface area contributed by atoms with Crippen LogP contribution in [0.3, 0.4) is 0 Å². The third-order valence-corrected chi connectivity index (χ3v) is 5.90. The maximum Gasteiger partial charge on any atom is 0.507 e. The summed E-state index contributed by atoms with van der Waals surface area (Å²) in [5.74, 6) is -0.403. The predicted molar refractivity (Wildman–Crippen MR) is 75.8 cm³/mol. The van der Waals surface area contributed by atoms with Crippen molar-refractivity contribution in [3.63, 3.8) is 0 Å². The SMILES string of the molecule is C=C(C)C(=O)OCC(C)[Si](OCC)(OCC)OCC. The fourth-order valence-electron chi connectivity index (χ4n) is 1.58. The quantitative estimate of drug-likeness (QED) is 0.351. The van der Waals surface area contributed by atoms with Gasteiger partial charge in [0.05, 0.1) is 12.1 Å². The van der Waals surface area contributed by atoms with Gasteiger partial charge in [-0.3, -0.25) is 0 Å². The van der Waals surface area contributed by atoms with Crippen molar-refractivity contribution in [3.8, 4) is 0 Å². The normalized spacial score (nSPS) is 13.1. The van der Waals surface area contributed by atoms with Crippen LogP contribution >= 0.6 is 0 Å². The van der Waals surface area contributed by atoms with E-state index in [-0.39, 0.29) is 12.1 Å². The molecule has 1 unspecified atom stereocenters. The van der Waals surface area contributed by atoms with Gasteiger partial charge in [0.1, 0.15) is 0 Å². The van der Waals surface area contributed by atoms with Crippen molar-refractivity contribution in [2.24, 2.45) is 0 Å². The summed E-state index contributed by atoms with van der Waals surface area (Å²) >= 11 is 0. The summed E-state index contributed by atoms with van der Waals surface area (Å²) in [6.07, 6.45) is 0. The number of hydrogen-bond donors (Lipinski definition) is 0. The molecule has 112 valence electrons. The van der Waals surface area contributed by atoms with Gasteiger partial charge in [-0.25, -0.2) is 4.79 Å². The summed E-state index contributed by atoms with van der Waals surface area (Å²) in [7, 11) is -2.81. The summed E-state index contributed by atoms with van der Waals surface area (Å²) in [6.45, 7) is 14.5. The lowest BCUT2D eigenvalue weighted by Crippen LogP contribution is -2.51. The first kappa shape index (κ1) is 18.3. The first-order chi connectivity index (χ1) is 8.93. The van der Waals surface area contributed by atoms with E-state index in [1.54, 1.807) is 6.92 Å². The molecule has 0 aromatic heterocycles. The van der Waals surface area contributed by atoms with Gasteiger partial charge in [-0.2, -0.15) is 0 Å². The molecule has 5 nitrogen and oxygen atoms in total. The molecule has 0 radical (unpaired) electrons. The van der Waals surface area contributed by atoms with Crippen molar-refractivity contribution in [1.29, 1.82) is 0 Å². The van der Waals surface area contributed by atoms with Crippen LogP contribution in [-0.2, 0) is 22.8 Å². The maximum absolute atomic E-state index is 11.4. The molecule has 19 heavy (non-hydrogen) atoms. The van der Waals surface area contributed by atoms with Crippen LogP contribution in [0.25, 0.3) is 0 Å². The molecule has 0 saturated heterocycles. The summed E-state index contributed by atoms with van der Waals surface area (Å²) in [6, 6.07) is 0. The van der Waals surface area contributed by atoms with E-state index < -0.39 is 14.8 Å². The lowest BCUT2D eigenvalue weighted by Gasteiger charge is -2.33. The average molecular weight is 290 g/mol.